The van der Waals surface area contributed by atoms with Gasteiger partial charge in [0.2, 0.25) is 11.2 Å². The van der Waals surface area contributed by atoms with E-state index in [1.54, 1.807) is 18.2 Å². The molecule has 1 aromatic heterocycles. The predicted octanol–water partition coefficient (Wildman–Crippen LogP) is 3.26. The first-order valence-corrected chi connectivity index (χ1v) is 8.97. The van der Waals surface area contributed by atoms with Gasteiger partial charge in [-0.05, 0) is 30.0 Å². The number of rotatable bonds is 5. The molecule has 0 spiro atoms. The molecule has 5 nitrogen and oxygen atoms in total. The van der Waals surface area contributed by atoms with Crippen LogP contribution in [0.3, 0.4) is 0 Å². The summed E-state index contributed by atoms with van der Waals surface area (Å²) in [7, 11) is 0. The van der Waals surface area contributed by atoms with Crippen LogP contribution in [0.15, 0.2) is 70.1 Å². The fourth-order valence-corrected chi connectivity index (χ4v) is 3.31. The summed E-state index contributed by atoms with van der Waals surface area (Å²) in [4.78, 5) is 24.6. The molecule has 0 saturated heterocycles. The van der Waals surface area contributed by atoms with Gasteiger partial charge in [-0.1, -0.05) is 42.5 Å². The Morgan fingerprint density at radius 2 is 1.79 bits per heavy atom. The highest BCUT2D eigenvalue weighted by atomic mass is 19.1. The number of amides is 1. The molecule has 1 N–H and O–H groups in total. The van der Waals surface area contributed by atoms with E-state index in [4.69, 9.17) is 9.15 Å². The Morgan fingerprint density at radius 1 is 1.11 bits per heavy atom. The van der Waals surface area contributed by atoms with Crippen molar-refractivity contribution >= 4 is 5.91 Å². The van der Waals surface area contributed by atoms with Crippen LogP contribution in [-0.2, 0) is 19.4 Å². The molecular formula is C22H18FNO4. The van der Waals surface area contributed by atoms with Crippen LogP contribution in [0.5, 0.6) is 5.75 Å². The number of benzene rings is 2. The van der Waals surface area contributed by atoms with Gasteiger partial charge in [0, 0.05) is 17.7 Å². The predicted molar refractivity (Wildman–Crippen MR) is 101 cm³/mol. The first-order valence-electron chi connectivity index (χ1n) is 8.97. The minimum absolute atomic E-state index is 0.0350. The number of nitrogens with one attached hydrogen (secondary N) is 1. The lowest BCUT2D eigenvalue weighted by Crippen LogP contribution is -2.35. The highest BCUT2D eigenvalue weighted by molar-refractivity contribution is 5.91. The van der Waals surface area contributed by atoms with Crippen LogP contribution in [-0.4, -0.2) is 11.9 Å². The van der Waals surface area contributed by atoms with E-state index in [0.29, 0.717) is 5.56 Å². The fourth-order valence-electron chi connectivity index (χ4n) is 3.31. The number of hydrogen-bond donors (Lipinski definition) is 1. The van der Waals surface area contributed by atoms with E-state index in [9.17, 15) is 14.0 Å². The minimum Gasteiger partial charge on any atom is -0.482 e. The second-order valence-corrected chi connectivity index (χ2v) is 6.70. The van der Waals surface area contributed by atoms with Crippen molar-refractivity contribution in [3.05, 3.63) is 99.4 Å². The fraction of sp³-hybridized carbons (Fsp3) is 0.182. The van der Waals surface area contributed by atoms with Gasteiger partial charge < -0.3 is 14.5 Å². The maximum Gasteiger partial charge on any atom is 0.287 e. The normalized spacial score (nSPS) is 13.2. The Labute approximate surface area is 160 Å². The van der Waals surface area contributed by atoms with Crippen molar-refractivity contribution in [1.82, 2.24) is 5.32 Å². The van der Waals surface area contributed by atoms with E-state index in [1.165, 1.54) is 17.2 Å². The van der Waals surface area contributed by atoms with Gasteiger partial charge in [-0.2, -0.15) is 0 Å². The molecule has 0 bridgehead atoms. The summed E-state index contributed by atoms with van der Waals surface area (Å²) in [6.45, 7) is -0.108. The number of halogens is 1. The third-order valence-corrected chi connectivity index (χ3v) is 4.75. The van der Waals surface area contributed by atoms with E-state index >= 15 is 0 Å². The summed E-state index contributed by atoms with van der Waals surface area (Å²) in [5.41, 5.74) is 2.25. The topological polar surface area (TPSA) is 68.5 Å². The summed E-state index contributed by atoms with van der Waals surface area (Å²) in [6, 6.07) is 15.2. The van der Waals surface area contributed by atoms with Crippen LogP contribution >= 0.6 is 0 Å². The van der Waals surface area contributed by atoms with Gasteiger partial charge in [-0.25, -0.2) is 4.39 Å². The SMILES string of the molecule is O=C(NC1Cc2ccccc2C1)c1cc(=O)c(OCc2ccccc2F)co1. The van der Waals surface area contributed by atoms with E-state index in [2.05, 4.69) is 5.32 Å². The van der Waals surface area contributed by atoms with Crippen molar-refractivity contribution < 1.29 is 18.3 Å². The Morgan fingerprint density at radius 3 is 2.46 bits per heavy atom. The Bertz CT molecular complexity index is 1050. The largest absolute Gasteiger partial charge is 0.482 e. The number of carbonyl (C=O) groups excluding carboxylic acids is 1. The molecule has 0 radical (unpaired) electrons. The zero-order valence-corrected chi connectivity index (χ0v) is 15.0. The zero-order chi connectivity index (χ0) is 19.5. The van der Waals surface area contributed by atoms with E-state index in [0.717, 1.165) is 25.2 Å². The highest BCUT2D eigenvalue weighted by Gasteiger charge is 2.24. The first-order chi connectivity index (χ1) is 13.6. The van der Waals surface area contributed by atoms with E-state index in [1.807, 2.05) is 24.3 Å². The number of ether oxygens (including phenoxy) is 1. The van der Waals surface area contributed by atoms with Crippen LogP contribution < -0.4 is 15.5 Å². The Balaban J connectivity index is 1.39. The highest BCUT2D eigenvalue weighted by Crippen LogP contribution is 2.22. The molecule has 28 heavy (non-hydrogen) atoms. The van der Waals surface area contributed by atoms with Crippen molar-refractivity contribution in [2.45, 2.75) is 25.5 Å². The lowest BCUT2D eigenvalue weighted by molar-refractivity contribution is 0.0907. The molecule has 0 atom stereocenters. The minimum atomic E-state index is -0.498. The first kappa shape index (κ1) is 18.0. The molecule has 0 unspecified atom stereocenters. The van der Waals surface area contributed by atoms with Gasteiger partial charge >= 0.3 is 0 Å². The summed E-state index contributed by atoms with van der Waals surface area (Å²) >= 11 is 0. The number of hydrogen-bond acceptors (Lipinski definition) is 4. The second-order valence-electron chi connectivity index (χ2n) is 6.70. The van der Waals surface area contributed by atoms with Crippen molar-refractivity contribution in [1.29, 1.82) is 0 Å². The maximum atomic E-state index is 13.6. The summed E-state index contributed by atoms with van der Waals surface area (Å²) in [5.74, 6) is -1.02. The van der Waals surface area contributed by atoms with Gasteiger partial charge in [0.15, 0.2) is 5.76 Å². The molecule has 0 saturated carbocycles. The average molecular weight is 379 g/mol. The quantitative estimate of drug-likeness (QED) is 0.739. The van der Waals surface area contributed by atoms with Crippen LogP contribution in [0.4, 0.5) is 4.39 Å². The smallest absolute Gasteiger partial charge is 0.287 e. The molecule has 1 amide bonds. The lowest BCUT2D eigenvalue weighted by atomic mass is 10.1. The zero-order valence-electron chi connectivity index (χ0n) is 15.0. The summed E-state index contributed by atoms with van der Waals surface area (Å²) in [6.07, 6.45) is 2.58. The standard InChI is InChI=1S/C22H18FNO4/c23-18-8-4-3-7-16(18)12-27-21-13-28-20(11-19(21)25)22(26)24-17-9-14-5-1-2-6-15(14)10-17/h1-8,11,13,17H,9-10,12H2,(H,24,26). The van der Waals surface area contributed by atoms with Gasteiger partial charge in [-0.15, -0.1) is 0 Å². The molecule has 3 aromatic rings. The van der Waals surface area contributed by atoms with E-state index < -0.39 is 17.2 Å². The van der Waals surface area contributed by atoms with Gasteiger partial charge in [0.05, 0.1) is 0 Å². The third kappa shape index (κ3) is 3.81. The second kappa shape index (κ2) is 7.68. The molecule has 6 heteroatoms. The Hall–Kier alpha value is -3.41. The summed E-state index contributed by atoms with van der Waals surface area (Å²) < 4.78 is 24.2. The van der Waals surface area contributed by atoms with Crippen LogP contribution in [0.2, 0.25) is 0 Å². The average Bonchev–Trinajstić information content (AvgIpc) is 3.10. The monoisotopic (exact) mass is 379 g/mol. The van der Waals surface area contributed by atoms with Crippen LogP contribution in [0.25, 0.3) is 0 Å². The molecule has 142 valence electrons. The van der Waals surface area contributed by atoms with Gasteiger partial charge in [0.1, 0.15) is 18.7 Å². The van der Waals surface area contributed by atoms with E-state index in [-0.39, 0.29) is 24.2 Å². The number of carbonyl (C=O) groups is 1. The molecule has 0 aliphatic heterocycles. The summed E-state index contributed by atoms with van der Waals surface area (Å²) in [5, 5.41) is 2.89. The maximum absolute atomic E-state index is 13.6. The van der Waals surface area contributed by atoms with Crippen molar-refractivity contribution in [3.8, 4) is 5.75 Å². The molecule has 0 fully saturated rings. The van der Waals surface area contributed by atoms with Crippen molar-refractivity contribution in [2.75, 3.05) is 0 Å². The number of fused-ring (bicyclic) bond motifs is 1. The molecule has 1 aliphatic carbocycles. The van der Waals surface area contributed by atoms with Gasteiger partial charge in [-0.3, -0.25) is 9.59 Å². The molecule has 2 aromatic carbocycles. The molecule has 4 rings (SSSR count). The van der Waals surface area contributed by atoms with Crippen molar-refractivity contribution in [3.63, 3.8) is 0 Å². The molecule has 1 heterocycles. The molecule has 1 aliphatic rings. The van der Waals surface area contributed by atoms with Crippen LogP contribution in [0.1, 0.15) is 27.2 Å². The molecular weight excluding hydrogens is 361 g/mol. The van der Waals surface area contributed by atoms with Gasteiger partial charge in [0.25, 0.3) is 5.91 Å². The van der Waals surface area contributed by atoms with Crippen molar-refractivity contribution in [2.24, 2.45) is 0 Å². The Kier molecular flexibility index (Phi) is 4.93. The third-order valence-electron chi connectivity index (χ3n) is 4.75. The van der Waals surface area contributed by atoms with Crippen LogP contribution in [0, 0.1) is 5.82 Å². The lowest BCUT2D eigenvalue weighted by Gasteiger charge is -2.11.